The van der Waals surface area contributed by atoms with Gasteiger partial charge in [0.1, 0.15) is 23.7 Å². The van der Waals surface area contributed by atoms with E-state index >= 15 is 0 Å². The molecule has 0 unspecified atom stereocenters. The van der Waals surface area contributed by atoms with E-state index in [1.807, 2.05) is 19.9 Å². The van der Waals surface area contributed by atoms with Crippen molar-refractivity contribution in [1.82, 2.24) is 26.9 Å². The number of hydrazine groups is 1. The Kier molecular flexibility index (Phi) is 14.7. The first-order valence-corrected chi connectivity index (χ1v) is 13.4. The number of aliphatic imine (C=N–C) groups is 1. The largest absolute Gasteiger partial charge is 0.444 e. The number of carbonyl (C=O) groups excluding carboxylic acids is 4. The summed E-state index contributed by atoms with van der Waals surface area (Å²) in [7, 11) is 0. The van der Waals surface area contributed by atoms with E-state index in [0.717, 1.165) is 5.56 Å². The summed E-state index contributed by atoms with van der Waals surface area (Å²) in [5.74, 6) is -2.73. The number of alkyl carbamates (subject to hydrolysis) is 1. The van der Waals surface area contributed by atoms with Crippen LogP contribution in [0.2, 0.25) is 0 Å². The Hall–Kier alpha value is -4.47. The van der Waals surface area contributed by atoms with Crippen molar-refractivity contribution in [1.29, 1.82) is 0 Å². The van der Waals surface area contributed by atoms with Crippen LogP contribution in [0.1, 0.15) is 59.4 Å². The van der Waals surface area contributed by atoms with Crippen molar-refractivity contribution in [2.75, 3.05) is 6.54 Å². The molecule has 3 atom stereocenters. The highest BCUT2D eigenvalue weighted by molar-refractivity contribution is 5.93. The summed E-state index contributed by atoms with van der Waals surface area (Å²) in [6.45, 7) is 8.72. The maximum atomic E-state index is 13.4. The first kappa shape index (κ1) is 35.6. The maximum absolute atomic E-state index is 13.4. The normalized spacial score (nSPS) is 13.7. The summed E-state index contributed by atoms with van der Waals surface area (Å²) in [4.78, 5) is 65.6. The lowest BCUT2D eigenvalue weighted by Gasteiger charge is -2.27. The number of hydrogen-bond donors (Lipinski definition) is 7. The van der Waals surface area contributed by atoms with Gasteiger partial charge in [-0.3, -0.25) is 19.6 Å². The van der Waals surface area contributed by atoms with Crippen molar-refractivity contribution in [2.24, 2.45) is 16.6 Å². The minimum atomic E-state index is -1.21. The summed E-state index contributed by atoms with van der Waals surface area (Å²) in [5, 5.41) is 26.5. The standard InChI is InChI=1S/C26H42N8O8/c1-16(2)14-19(21(35)29-18(23(37)33-39)12-9-13-28-24(27)32-34(40)41)30-22(36)20(15-17-10-7-6-8-11-17)31-25(38)42-26(3,4)5/h6-8,10-11,16,18-20,39H,9,12-15H2,1-5H3,(H,29,35)(H,30,36)(H,31,38)(H,33,37)(H3,27,28,32)/t18-,19-,20-/m0/s1. The van der Waals surface area contributed by atoms with Crippen molar-refractivity contribution >= 4 is 29.8 Å². The van der Waals surface area contributed by atoms with Crippen LogP contribution in [0.5, 0.6) is 0 Å². The van der Waals surface area contributed by atoms with Crippen LogP contribution in [0.25, 0.3) is 0 Å². The molecule has 234 valence electrons. The van der Waals surface area contributed by atoms with E-state index in [-0.39, 0.29) is 38.1 Å². The van der Waals surface area contributed by atoms with Crippen molar-refractivity contribution in [3.8, 4) is 0 Å². The molecule has 16 nitrogen and oxygen atoms in total. The lowest BCUT2D eigenvalue weighted by molar-refractivity contribution is -0.525. The van der Waals surface area contributed by atoms with Gasteiger partial charge in [0.2, 0.25) is 11.8 Å². The van der Waals surface area contributed by atoms with E-state index in [2.05, 4.69) is 20.9 Å². The van der Waals surface area contributed by atoms with Crippen LogP contribution in [0.4, 0.5) is 4.79 Å². The number of amides is 4. The van der Waals surface area contributed by atoms with Crippen LogP contribution >= 0.6 is 0 Å². The summed E-state index contributed by atoms with van der Waals surface area (Å²) >= 11 is 0. The van der Waals surface area contributed by atoms with E-state index < -0.39 is 58.5 Å². The highest BCUT2D eigenvalue weighted by atomic mass is 16.7. The number of hydroxylamine groups is 1. The molecule has 0 saturated heterocycles. The smallest absolute Gasteiger partial charge is 0.408 e. The Labute approximate surface area is 244 Å². The molecule has 0 radical (unpaired) electrons. The number of nitro groups is 1. The highest BCUT2D eigenvalue weighted by Gasteiger charge is 2.31. The molecule has 1 aromatic carbocycles. The SMILES string of the molecule is CC(C)C[C@H](NC(=O)[C@H](Cc1ccccc1)NC(=O)OC(C)(C)C)C(=O)N[C@@H](CCCN=C(N)N[N+](=O)[O-])C(=O)NO. The van der Waals surface area contributed by atoms with Crippen LogP contribution < -0.4 is 32.6 Å². The molecule has 42 heavy (non-hydrogen) atoms. The first-order valence-electron chi connectivity index (χ1n) is 13.4. The molecule has 0 heterocycles. The van der Waals surface area contributed by atoms with Gasteiger partial charge in [0.25, 0.3) is 11.9 Å². The molecule has 0 aromatic heterocycles. The molecule has 0 aliphatic rings. The number of benzene rings is 1. The average molecular weight is 595 g/mol. The maximum Gasteiger partial charge on any atom is 0.408 e. The van der Waals surface area contributed by atoms with E-state index in [1.165, 1.54) is 5.48 Å². The van der Waals surface area contributed by atoms with Crippen molar-refractivity contribution in [2.45, 2.75) is 84.0 Å². The van der Waals surface area contributed by atoms with Gasteiger partial charge in [0.15, 0.2) is 5.03 Å². The van der Waals surface area contributed by atoms with Gasteiger partial charge in [-0.25, -0.2) is 25.4 Å². The van der Waals surface area contributed by atoms with Crippen LogP contribution in [0.15, 0.2) is 35.3 Å². The molecular weight excluding hydrogens is 552 g/mol. The Morgan fingerprint density at radius 1 is 1.00 bits per heavy atom. The van der Waals surface area contributed by atoms with Gasteiger partial charge in [0, 0.05) is 13.0 Å². The van der Waals surface area contributed by atoms with Gasteiger partial charge in [-0.1, -0.05) is 49.6 Å². The minimum absolute atomic E-state index is 0.00739. The topological polar surface area (TPSA) is 239 Å². The third-order valence-corrected chi connectivity index (χ3v) is 5.51. The zero-order valence-electron chi connectivity index (χ0n) is 24.5. The lowest BCUT2D eigenvalue weighted by Crippen LogP contribution is -2.57. The number of nitrogens with zero attached hydrogens (tertiary/aromatic N) is 2. The second-order valence-electron chi connectivity index (χ2n) is 10.9. The highest BCUT2D eigenvalue weighted by Crippen LogP contribution is 2.11. The molecule has 16 heteroatoms. The minimum Gasteiger partial charge on any atom is -0.444 e. The van der Waals surface area contributed by atoms with E-state index in [1.54, 1.807) is 50.5 Å². The number of carbonyl (C=O) groups is 4. The summed E-state index contributed by atoms with van der Waals surface area (Å²) < 4.78 is 5.31. The second-order valence-corrected chi connectivity index (χ2v) is 10.9. The van der Waals surface area contributed by atoms with Gasteiger partial charge in [-0.2, -0.15) is 0 Å². The third-order valence-electron chi connectivity index (χ3n) is 5.51. The van der Waals surface area contributed by atoms with Gasteiger partial charge in [-0.05, 0) is 51.5 Å². The molecule has 4 amide bonds. The molecule has 0 aliphatic heterocycles. The Morgan fingerprint density at radius 3 is 2.14 bits per heavy atom. The fraction of sp³-hybridized carbons (Fsp3) is 0.577. The van der Waals surface area contributed by atoms with Crippen LogP contribution in [-0.2, 0) is 25.5 Å². The van der Waals surface area contributed by atoms with E-state index in [9.17, 15) is 29.3 Å². The third kappa shape index (κ3) is 14.8. The van der Waals surface area contributed by atoms with Crippen LogP contribution in [0.3, 0.4) is 0 Å². The summed E-state index contributed by atoms with van der Waals surface area (Å²) in [5.41, 5.74) is 8.48. The number of ether oxygens (including phenoxy) is 1. The number of hydrogen-bond acceptors (Lipinski definition) is 9. The van der Waals surface area contributed by atoms with Crippen LogP contribution in [0, 0.1) is 16.0 Å². The Morgan fingerprint density at radius 2 is 1.60 bits per heavy atom. The second kappa shape index (κ2) is 17.4. The van der Waals surface area contributed by atoms with Gasteiger partial charge in [0.05, 0.1) is 0 Å². The number of nitrogens with two attached hydrogens (primary N) is 1. The quantitative estimate of drug-likeness (QED) is 0.0371. The molecule has 0 spiro atoms. The molecule has 0 saturated carbocycles. The molecule has 1 rings (SSSR count). The molecule has 8 N–H and O–H groups in total. The monoisotopic (exact) mass is 594 g/mol. The predicted molar refractivity (Wildman–Crippen MR) is 152 cm³/mol. The van der Waals surface area contributed by atoms with Gasteiger partial charge < -0.3 is 26.4 Å². The predicted octanol–water partition coefficient (Wildman–Crippen LogP) is 0.520. The zero-order chi connectivity index (χ0) is 31.9. The Bertz CT molecular complexity index is 1090. The van der Waals surface area contributed by atoms with Gasteiger partial charge >= 0.3 is 6.09 Å². The Balaban J connectivity index is 3.05. The van der Waals surface area contributed by atoms with Crippen molar-refractivity contribution in [3.05, 3.63) is 46.0 Å². The van der Waals surface area contributed by atoms with Crippen molar-refractivity contribution in [3.63, 3.8) is 0 Å². The summed E-state index contributed by atoms with van der Waals surface area (Å²) in [6.07, 6.45) is -0.333. The first-order chi connectivity index (χ1) is 19.6. The summed E-state index contributed by atoms with van der Waals surface area (Å²) in [6, 6.07) is 5.58. The molecule has 0 bridgehead atoms. The number of nitrogens with one attached hydrogen (secondary N) is 5. The molecule has 0 aliphatic carbocycles. The lowest BCUT2D eigenvalue weighted by atomic mass is 10.0. The molecule has 1 aromatic rings. The zero-order valence-corrected chi connectivity index (χ0v) is 24.5. The van der Waals surface area contributed by atoms with E-state index in [0.29, 0.717) is 0 Å². The molecule has 0 fully saturated rings. The average Bonchev–Trinajstić information content (AvgIpc) is 2.87. The fourth-order valence-corrected chi connectivity index (χ4v) is 3.73. The number of rotatable bonds is 15. The van der Waals surface area contributed by atoms with Crippen LogP contribution in [-0.4, -0.2) is 70.3 Å². The number of guanidine groups is 1. The fourth-order valence-electron chi connectivity index (χ4n) is 3.73. The van der Waals surface area contributed by atoms with Gasteiger partial charge in [-0.15, -0.1) is 0 Å². The molecular formula is C26H42N8O8. The van der Waals surface area contributed by atoms with Crippen molar-refractivity contribution < 1.29 is 34.2 Å². The van der Waals surface area contributed by atoms with E-state index in [4.69, 9.17) is 15.7 Å².